The number of carbonyl (C=O) groups is 1. The molecule has 182 valence electrons. The predicted octanol–water partition coefficient (Wildman–Crippen LogP) is 3.31. The summed E-state index contributed by atoms with van der Waals surface area (Å²) in [4.78, 5) is 14.3. The van der Waals surface area contributed by atoms with Crippen LogP contribution in [0.25, 0.3) is 10.8 Å². The van der Waals surface area contributed by atoms with Crippen LogP contribution in [0.15, 0.2) is 64.6 Å². The summed E-state index contributed by atoms with van der Waals surface area (Å²) in [5.41, 5.74) is -3.02. The lowest BCUT2D eigenvalue weighted by Gasteiger charge is -2.26. The van der Waals surface area contributed by atoms with E-state index < -0.39 is 51.6 Å². The summed E-state index contributed by atoms with van der Waals surface area (Å²) in [5.74, 6) is -1.19. The Bertz CT molecular complexity index is 1320. The number of nitrogens with one attached hydrogen (secondary N) is 1. The van der Waals surface area contributed by atoms with Crippen molar-refractivity contribution in [3.63, 3.8) is 0 Å². The molecule has 0 amide bonds. The van der Waals surface area contributed by atoms with Crippen molar-refractivity contribution in [2.24, 2.45) is 0 Å². The number of halogens is 3. The van der Waals surface area contributed by atoms with E-state index in [9.17, 15) is 26.4 Å². The van der Waals surface area contributed by atoms with Crippen LogP contribution < -0.4 is 9.62 Å². The molecule has 2 bridgehead atoms. The third kappa shape index (κ3) is 3.97. The summed E-state index contributed by atoms with van der Waals surface area (Å²) in [6, 6.07) is 9.99. The van der Waals surface area contributed by atoms with E-state index in [1.165, 1.54) is 25.1 Å². The first kappa shape index (κ1) is 24.2. The van der Waals surface area contributed by atoms with E-state index in [-0.39, 0.29) is 11.5 Å². The molecular formula is C23H23F3N2O5S. The number of nitrogens with zero attached hydrogens (tertiary/aromatic N) is 1. The van der Waals surface area contributed by atoms with Crippen molar-refractivity contribution in [2.45, 2.75) is 29.7 Å². The molecule has 0 saturated carbocycles. The molecule has 7 nitrogen and oxygen atoms in total. The summed E-state index contributed by atoms with van der Waals surface area (Å²) in [5, 5.41) is 1.14. The van der Waals surface area contributed by atoms with Crippen molar-refractivity contribution >= 4 is 32.5 Å². The molecule has 4 rings (SSSR count). The van der Waals surface area contributed by atoms with Gasteiger partial charge in [-0.1, -0.05) is 30.3 Å². The van der Waals surface area contributed by atoms with Crippen LogP contribution in [0.2, 0.25) is 0 Å². The lowest BCUT2D eigenvalue weighted by Crippen LogP contribution is -2.44. The molecule has 11 heteroatoms. The minimum Gasteiger partial charge on any atom is -0.463 e. The number of sulfonamides is 1. The number of esters is 1. The highest BCUT2D eigenvalue weighted by atomic mass is 32.2. The molecule has 2 aromatic rings. The van der Waals surface area contributed by atoms with Gasteiger partial charge in [0.15, 0.2) is 0 Å². The summed E-state index contributed by atoms with van der Waals surface area (Å²) in [6.07, 6.45) is -3.92. The quantitative estimate of drug-likeness (QED) is 0.468. The number of rotatable bonds is 7. The van der Waals surface area contributed by atoms with E-state index >= 15 is 0 Å². The fourth-order valence-corrected chi connectivity index (χ4v) is 5.65. The molecule has 0 aliphatic carbocycles. The first-order valence-electron chi connectivity index (χ1n) is 10.5. The number of benzene rings is 2. The van der Waals surface area contributed by atoms with Crippen molar-refractivity contribution in [1.29, 1.82) is 0 Å². The van der Waals surface area contributed by atoms with Gasteiger partial charge in [-0.3, -0.25) is 0 Å². The second kappa shape index (κ2) is 8.40. The van der Waals surface area contributed by atoms with Crippen LogP contribution >= 0.6 is 0 Å². The van der Waals surface area contributed by atoms with Gasteiger partial charge in [0.2, 0.25) is 10.0 Å². The van der Waals surface area contributed by atoms with Gasteiger partial charge in [-0.2, -0.15) is 13.2 Å². The summed E-state index contributed by atoms with van der Waals surface area (Å²) in [7, 11) is -0.542. The number of alkyl halides is 3. The molecule has 2 aromatic carbocycles. The molecule has 2 heterocycles. The van der Waals surface area contributed by atoms with Gasteiger partial charge in [-0.05, 0) is 25.1 Å². The largest absolute Gasteiger partial charge is 0.463 e. The lowest BCUT2D eigenvalue weighted by atomic mass is 9.86. The van der Waals surface area contributed by atoms with Crippen molar-refractivity contribution < 1.29 is 35.9 Å². The van der Waals surface area contributed by atoms with Crippen molar-refractivity contribution in [3.8, 4) is 0 Å². The Hall–Kier alpha value is -2.89. The van der Waals surface area contributed by atoms with Gasteiger partial charge in [0, 0.05) is 37.1 Å². The lowest BCUT2D eigenvalue weighted by molar-refractivity contribution is -0.140. The second-order valence-electron chi connectivity index (χ2n) is 8.14. The molecule has 1 N–H and O–H groups in total. The number of anilines is 1. The highest BCUT2D eigenvalue weighted by Crippen LogP contribution is 2.49. The zero-order valence-electron chi connectivity index (χ0n) is 18.6. The van der Waals surface area contributed by atoms with Gasteiger partial charge in [0.25, 0.3) is 0 Å². The monoisotopic (exact) mass is 496 g/mol. The SMILES string of the molecule is CCOC(=O)C1=C(C(F)(F)F)C2C=CC1(CNS(=O)(=O)c1cccc3c(N(C)C)cccc13)O2. The van der Waals surface area contributed by atoms with E-state index in [4.69, 9.17) is 9.47 Å². The first-order chi connectivity index (χ1) is 15.9. The molecule has 2 aliphatic rings. The predicted molar refractivity (Wildman–Crippen MR) is 120 cm³/mol. The Morgan fingerprint density at radius 2 is 1.85 bits per heavy atom. The Labute approximate surface area is 194 Å². The van der Waals surface area contributed by atoms with Crippen LogP contribution in [-0.2, 0) is 24.3 Å². The summed E-state index contributed by atoms with van der Waals surface area (Å²) in [6.45, 7) is 0.710. The van der Waals surface area contributed by atoms with Crippen molar-refractivity contribution in [1.82, 2.24) is 4.72 Å². The van der Waals surface area contributed by atoms with E-state index in [1.54, 1.807) is 24.3 Å². The summed E-state index contributed by atoms with van der Waals surface area (Å²) >= 11 is 0. The number of carbonyl (C=O) groups excluding carboxylic acids is 1. The van der Waals surface area contributed by atoms with Gasteiger partial charge in [0.1, 0.15) is 11.7 Å². The Kier molecular flexibility index (Phi) is 5.99. The topological polar surface area (TPSA) is 84.9 Å². The fraction of sp³-hybridized carbons (Fsp3) is 0.348. The normalized spacial score (nSPS) is 22.0. The number of ether oxygens (including phenoxy) is 2. The van der Waals surface area contributed by atoms with Gasteiger partial charge < -0.3 is 14.4 Å². The maximum absolute atomic E-state index is 13.7. The van der Waals surface area contributed by atoms with E-state index in [2.05, 4.69) is 4.72 Å². The molecule has 0 spiro atoms. The molecule has 0 aromatic heterocycles. The average molecular weight is 497 g/mol. The Morgan fingerprint density at radius 1 is 1.18 bits per heavy atom. The molecule has 2 atom stereocenters. The van der Waals surface area contributed by atoms with Crippen molar-refractivity contribution in [3.05, 3.63) is 59.7 Å². The standard InChI is InChI=1S/C23H23F3N2O5S/c1-4-32-21(29)20-19(23(24,25)26)17-11-12-22(20,33-17)13-27-34(30,31)18-10-6-7-14-15(18)8-5-9-16(14)28(2)3/h5-12,17,27H,4,13H2,1-3H3. The zero-order valence-corrected chi connectivity index (χ0v) is 19.5. The fourth-order valence-electron chi connectivity index (χ4n) is 4.36. The summed E-state index contributed by atoms with van der Waals surface area (Å²) < 4.78 is 80.5. The third-order valence-electron chi connectivity index (χ3n) is 5.79. The van der Waals surface area contributed by atoms with Crippen LogP contribution in [-0.4, -0.2) is 59.5 Å². The van der Waals surface area contributed by atoms with Gasteiger partial charge >= 0.3 is 12.1 Å². The highest BCUT2D eigenvalue weighted by Gasteiger charge is 2.59. The average Bonchev–Trinajstić information content (AvgIpc) is 3.34. The first-order valence-corrected chi connectivity index (χ1v) is 11.9. The smallest absolute Gasteiger partial charge is 0.416 e. The molecule has 34 heavy (non-hydrogen) atoms. The second-order valence-corrected chi connectivity index (χ2v) is 9.88. The van der Waals surface area contributed by atoms with E-state index in [1.807, 2.05) is 25.1 Å². The van der Waals surface area contributed by atoms with E-state index in [0.717, 1.165) is 5.69 Å². The van der Waals surface area contributed by atoms with Crippen LogP contribution in [0.3, 0.4) is 0 Å². The maximum Gasteiger partial charge on any atom is 0.416 e. The third-order valence-corrected chi connectivity index (χ3v) is 7.25. The van der Waals surface area contributed by atoms with E-state index in [0.29, 0.717) is 10.8 Å². The van der Waals surface area contributed by atoms with Crippen LogP contribution in [0.4, 0.5) is 18.9 Å². The van der Waals surface area contributed by atoms with Gasteiger partial charge in [-0.25, -0.2) is 17.9 Å². The minimum atomic E-state index is -4.85. The van der Waals surface area contributed by atoms with Crippen LogP contribution in [0.1, 0.15) is 6.92 Å². The molecule has 0 fully saturated rings. The number of hydrogen-bond donors (Lipinski definition) is 1. The number of fused-ring (bicyclic) bond motifs is 3. The van der Waals surface area contributed by atoms with Gasteiger partial charge in [-0.15, -0.1) is 0 Å². The number of hydrogen-bond acceptors (Lipinski definition) is 6. The molecule has 2 aliphatic heterocycles. The molecule has 2 unspecified atom stereocenters. The molecule has 0 radical (unpaired) electrons. The minimum absolute atomic E-state index is 0.0423. The highest BCUT2D eigenvalue weighted by molar-refractivity contribution is 7.89. The van der Waals surface area contributed by atoms with Gasteiger partial charge in [0.05, 0.1) is 22.6 Å². The zero-order chi connectivity index (χ0) is 24.9. The Balaban J connectivity index is 1.72. The molecule has 0 saturated heterocycles. The Morgan fingerprint density at radius 3 is 2.50 bits per heavy atom. The maximum atomic E-state index is 13.7. The van der Waals surface area contributed by atoms with Crippen LogP contribution in [0, 0.1) is 0 Å². The van der Waals surface area contributed by atoms with Crippen molar-refractivity contribution in [2.75, 3.05) is 32.1 Å². The molecular weight excluding hydrogens is 473 g/mol. The van der Waals surface area contributed by atoms with Crippen LogP contribution in [0.5, 0.6) is 0 Å².